The quantitative estimate of drug-likeness (QED) is 0.558. The minimum atomic E-state index is -0.0325. The second-order valence-corrected chi connectivity index (χ2v) is 4.61. The van der Waals surface area contributed by atoms with Crippen LogP contribution in [0.4, 0.5) is 0 Å². The molecule has 0 bridgehead atoms. The maximum Gasteiger partial charge on any atom is 0.220 e. The first-order chi connectivity index (χ1) is 8.70. The number of hydrogen-bond acceptors (Lipinski definition) is 2. The van der Waals surface area contributed by atoms with E-state index < -0.39 is 0 Å². The molecule has 2 amide bonds. The van der Waals surface area contributed by atoms with E-state index in [1.54, 1.807) is 0 Å². The molecular weight excluding hydrogens is 228 g/mol. The summed E-state index contributed by atoms with van der Waals surface area (Å²) < 4.78 is 0. The van der Waals surface area contributed by atoms with Crippen LogP contribution >= 0.6 is 0 Å². The van der Waals surface area contributed by atoms with Gasteiger partial charge in [0, 0.05) is 25.9 Å². The number of carbonyl (C=O) groups excluding carboxylic acids is 2. The van der Waals surface area contributed by atoms with Gasteiger partial charge in [-0.25, -0.2) is 0 Å². The van der Waals surface area contributed by atoms with E-state index in [0.29, 0.717) is 19.4 Å². The van der Waals surface area contributed by atoms with Gasteiger partial charge in [-0.05, 0) is 12.8 Å². The number of amides is 2. The molecule has 0 heterocycles. The average Bonchev–Trinajstić information content (AvgIpc) is 2.38. The van der Waals surface area contributed by atoms with Crippen molar-refractivity contribution >= 4 is 11.8 Å². The minimum absolute atomic E-state index is 0.0165. The summed E-state index contributed by atoms with van der Waals surface area (Å²) >= 11 is 0. The van der Waals surface area contributed by atoms with Crippen LogP contribution in [0.2, 0.25) is 0 Å². The molecule has 0 spiro atoms. The van der Waals surface area contributed by atoms with Crippen LogP contribution in [0.3, 0.4) is 0 Å². The topological polar surface area (TPSA) is 58.2 Å². The van der Waals surface area contributed by atoms with E-state index in [0.717, 1.165) is 19.4 Å². The predicted molar refractivity (Wildman–Crippen MR) is 74.3 cm³/mol. The molecule has 4 heteroatoms. The molecule has 0 fully saturated rings. The van der Waals surface area contributed by atoms with Gasteiger partial charge < -0.3 is 10.6 Å². The summed E-state index contributed by atoms with van der Waals surface area (Å²) in [5.41, 5.74) is 0. The largest absolute Gasteiger partial charge is 0.356 e. The van der Waals surface area contributed by atoms with Crippen LogP contribution < -0.4 is 10.6 Å². The molecule has 0 aliphatic heterocycles. The highest BCUT2D eigenvalue weighted by Crippen LogP contribution is 2.01. The summed E-state index contributed by atoms with van der Waals surface area (Å²) in [5, 5.41) is 5.61. The van der Waals surface area contributed by atoms with E-state index in [9.17, 15) is 9.59 Å². The van der Waals surface area contributed by atoms with Gasteiger partial charge in [0.2, 0.25) is 11.8 Å². The molecule has 0 aliphatic carbocycles. The summed E-state index contributed by atoms with van der Waals surface area (Å²) in [7, 11) is 0. The maximum absolute atomic E-state index is 11.4. The fourth-order valence-corrected chi connectivity index (χ4v) is 1.62. The van der Waals surface area contributed by atoms with Crippen molar-refractivity contribution < 1.29 is 9.59 Å². The van der Waals surface area contributed by atoms with Crippen LogP contribution in [0.25, 0.3) is 0 Å². The summed E-state index contributed by atoms with van der Waals surface area (Å²) in [5.74, 6) is -0.0490. The van der Waals surface area contributed by atoms with E-state index in [2.05, 4.69) is 17.6 Å². The van der Waals surface area contributed by atoms with Gasteiger partial charge in [-0.15, -0.1) is 0 Å². The second-order valence-electron chi connectivity index (χ2n) is 4.61. The monoisotopic (exact) mass is 256 g/mol. The highest BCUT2D eigenvalue weighted by molar-refractivity contribution is 5.83. The van der Waals surface area contributed by atoms with Crippen LogP contribution in [0.5, 0.6) is 0 Å². The Morgan fingerprint density at radius 1 is 0.722 bits per heavy atom. The van der Waals surface area contributed by atoms with Gasteiger partial charge >= 0.3 is 0 Å². The molecule has 0 unspecified atom stereocenters. The van der Waals surface area contributed by atoms with Gasteiger partial charge in [0.05, 0.1) is 0 Å². The summed E-state index contributed by atoms with van der Waals surface area (Å²) in [6, 6.07) is 0. The molecule has 0 aromatic rings. The molecule has 0 saturated carbocycles. The molecule has 18 heavy (non-hydrogen) atoms. The van der Waals surface area contributed by atoms with Crippen molar-refractivity contribution in [2.75, 3.05) is 13.1 Å². The zero-order chi connectivity index (χ0) is 13.6. The minimum Gasteiger partial charge on any atom is -0.356 e. The third-order valence-electron chi connectivity index (χ3n) is 2.75. The highest BCUT2D eigenvalue weighted by atomic mass is 16.2. The van der Waals surface area contributed by atoms with Gasteiger partial charge in [0.15, 0.2) is 0 Å². The molecule has 4 nitrogen and oxygen atoms in total. The Labute approximate surface area is 111 Å². The lowest BCUT2D eigenvalue weighted by Crippen LogP contribution is -2.28. The molecule has 0 saturated heterocycles. The lowest BCUT2D eigenvalue weighted by molar-refractivity contribution is -0.126. The van der Waals surface area contributed by atoms with Crippen LogP contribution in [-0.2, 0) is 9.59 Å². The third kappa shape index (κ3) is 11.4. The standard InChI is InChI=1S/C14H28N2O2/c1-3-5-6-7-8-12-16-14(18)10-9-13(17)15-11-4-2/h3-12H2,1-2H3,(H,15,17)(H,16,18). The Kier molecular flexibility index (Phi) is 11.7. The number of hydrogen-bond donors (Lipinski definition) is 2. The molecule has 0 radical (unpaired) electrons. The summed E-state index contributed by atoms with van der Waals surface area (Å²) in [6.07, 6.45) is 7.47. The first-order valence-corrected chi connectivity index (χ1v) is 7.24. The Bertz CT molecular complexity index is 230. The Hall–Kier alpha value is -1.06. The highest BCUT2D eigenvalue weighted by Gasteiger charge is 2.05. The van der Waals surface area contributed by atoms with Crippen LogP contribution in [-0.4, -0.2) is 24.9 Å². The van der Waals surface area contributed by atoms with Gasteiger partial charge in [-0.1, -0.05) is 39.5 Å². The first-order valence-electron chi connectivity index (χ1n) is 7.24. The molecule has 0 rings (SSSR count). The number of rotatable bonds is 11. The van der Waals surface area contributed by atoms with Crippen molar-refractivity contribution in [2.24, 2.45) is 0 Å². The zero-order valence-corrected chi connectivity index (χ0v) is 11.9. The van der Waals surface area contributed by atoms with Crippen molar-refractivity contribution in [3.63, 3.8) is 0 Å². The van der Waals surface area contributed by atoms with E-state index in [1.165, 1.54) is 25.7 Å². The second kappa shape index (κ2) is 12.4. The van der Waals surface area contributed by atoms with Crippen molar-refractivity contribution in [3.8, 4) is 0 Å². The van der Waals surface area contributed by atoms with Crippen molar-refractivity contribution in [1.82, 2.24) is 10.6 Å². The first kappa shape index (κ1) is 16.9. The van der Waals surface area contributed by atoms with Gasteiger partial charge in [-0.3, -0.25) is 9.59 Å². The summed E-state index contributed by atoms with van der Waals surface area (Å²) in [6.45, 7) is 5.62. The average molecular weight is 256 g/mol. The molecule has 0 aromatic carbocycles. The Morgan fingerprint density at radius 3 is 1.83 bits per heavy atom. The molecule has 0 atom stereocenters. The van der Waals surface area contributed by atoms with Crippen molar-refractivity contribution in [2.45, 2.75) is 65.2 Å². The maximum atomic E-state index is 11.4. The molecule has 106 valence electrons. The zero-order valence-electron chi connectivity index (χ0n) is 11.9. The molecule has 0 aromatic heterocycles. The van der Waals surface area contributed by atoms with Gasteiger partial charge in [-0.2, -0.15) is 0 Å². The van der Waals surface area contributed by atoms with Gasteiger partial charge in [0.1, 0.15) is 0 Å². The molecule has 2 N–H and O–H groups in total. The SMILES string of the molecule is CCCCCCCNC(=O)CCC(=O)NCCC. The smallest absolute Gasteiger partial charge is 0.220 e. The normalized spacial score (nSPS) is 10.1. The van der Waals surface area contributed by atoms with Gasteiger partial charge in [0.25, 0.3) is 0 Å². The fourth-order valence-electron chi connectivity index (χ4n) is 1.62. The third-order valence-corrected chi connectivity index (χ3v) is 2.75. The van der Waals surface area contributed by atoms with E-state index >= 15 is 0 Å². The number of nitrogens with one attached hydrogen (secondary N) is 2. The van der Waals surface area contributed by atoms with E-state index in [4.69, 9.17) is 0 Å². The predicted octanol–water partition coefficient (Wildman–Crippen LogP) is 2.38. The van der Waals surface area contributed by atoms with Crippen molar-refractivity contribution in [1.29, 1.82) is 0 Å². The number of unbranched alkanes of at least 4 members (excludes halogenated alkanes) is 4. The van der Waals surface area contributed by atoms with Crippen LogP contribution in [0.15, 0.2) is 0 Å². The lowest BCUT2D eigenvalue weighted by atomic mass is 10.1. The molecular formula is C14H28N2O2. The van der Waals surface area contributed by atoms with Crippen LogP contribution in [0.1, 0.15) is 65.2 Å². The van der Waals surface area contributed by atoms with E-state index in [1.807, 2.05) is 6.92 Å². The lowest BCUT2D eigenvalue weighted by Gasteiger charge is -2.05. The Balaban J connectivity index is 3.34. The van der Waals surface area contributed by atoms with E-state index in [-0.39, 0.29) is 11.8 Å². The number of carbonyl (C=O) groups is 2. The summed E-state index contributed by atoms with van der Waals surface area (Å²) in [4.78, 5) is 22.7. The molecule has 0 aliphatic rings. The van der Waals surface area contributed by atoms with Crippen LogP contribution in [0, 0.1) is 0 Å². The Morgan fingerprint density at radius 2 is 1.28 bits per heavy atom. The van der Waals surface area contributed by atoms with Crippen molar-refractivity contribution in [3.05, 3.63) is 0 Å². The fraction of sp³-hybridized carbons (Fsp3) is 0.857.